The van der Waals surface area contributed by atoms with E-state index in [-0.39, 0.29) is 0 Å². The molecule has 2 aromatic heterocycles. The first-order valence-corrected chi connectivity index (χ1v) is 7.02. The summed E-state index contributed by atoms with van der Waals surface area (Å²) in [6, 6.07) is 13.4. The smallest absolute Gasteiger partial charge is 0.247 e. The van der Waals surface area contributed by atoms with Crippen molar-refractivity contribution in [3.8, 4) is 11.5 Å². The first kappa shape index (κ1) is 12.7. The Morgan fingerprint density at radius 3 is 2.65 bits per heavy atom. The molecule has 0 unspecified atom stereocenters. The molecule has 0 aliphatic rings. The van der Waals surface area contributed by atoms with E-state index in [9.17, 15) is 0 Å². The highest BCUT2D eigenvalue weighted by atomic mass is 32.2. The zero-order valence-corrected chi connectivity index (χ0v) is 11.4. The number of rotatable bonds is 4. The van der Waals surface area contributed by atoms with Gasteiger partial charge in [0.1, 0.15) is 0 Å². The Morgan fingerprint density at radius 1 is 1.05 bits per heavy atom. The highest BCUT2D eigenvalue weighted by Gasteiger charge is 2.08. The SMILES string of the molecule is Nc1ccc(SCc2nnc(-c3ccccc3)o2)nc1. The lowest BCUT2D eigenvalue weighted by Crippen LogP contribution is -1.87. The summed E-state index contributed by atoms with van der Waals surface area (Å²) in [5.74, 6) is 1.69. The second kappa shape index (κ2) is 5.75. The maximum atomic E-state index is 5.62. The second-order valence-electron chi connectivity index (χ2n) is 4.09. The summed E-state index contributed by atoms with van der Waals surface area (Å²) in [6.07, 6.45) is 1.63. The van der Waals surface area contributed by atoms with Crippen molar-refractivity contribution in [3.63, 3.8) is 0 Å². The maximum Gasteiger partial charge on any atom is 0.247 e. The molecule has 1 aromatic carbocycles. The highest BCUT2D eigenvalue weighted by Crippen LogP contribution is 2.23. The second-order valence-corrected chi connectivity index (χ2v) is 5.08. The lowest BCUT2D eigenvalue weighted by molar-refractivity contribution is 0.528. The van der Waals surface area contributed by atoms with Crippen LogP contribution in [-0.2, 0) is 5.75 Å². The zero-order valence-electron chi connectivity index (χ0n) is 10.6. The van der Waals surface area contributed by atoms with Crippen LogP contribution < -0.4 is 5.73 Å². The molecule has 0 saturated carbocycles. The summed E-state index contributed by atoms with van der Waals surface area (Å²) < 4.78 is 5.62. The van der Waals surface area contributed by atoms with Gasteiger partial charge in [-0.05, 0) is 24.3 Å². The molecule has 3 aromatic rings. The first-order chi connectivity index (χ1) is 9.81. The number of nitrogens with zero attached hydrogens (tertiary/aromatic N) is 3. The van der Waals surface area contributed by atoms with Gasteiger partial charge in [-0.3, -0.25) is 0 Å². The molecular weight excluding hydrogens is 272 g/mol. The van der Waals surface area contributed by atoms with Crippen molar-refractivity contribution in [1.29, 1.82) is 0 Å². The van der Waals surface area contributed by atoms with Gasteiger partial charge < -0.3 is 10.2 Å². The van der Waals surface area contributed by atoms with Gasteiger partial charge in [-0.1, -0.05) is 30.0 Å². The van der Waals surface area contributed by atoms with Gasteiger partial charge in [0.2, 0.25) is 11.8 Å². The molecule has 0 bridgehead atoms. The van der Waals surface area contributed by atoms with Crippen LogP contribution in [0.5, 0.6) is 0 Å². The molecule has 2 N–H and O–H groups in total. The Balaban J connectivity index is 1.67. The Labute approximate surface area is 120 Å². The van der Waals surface area contributed by atoms with E-state index in [1.54, 1.807) is 6.20 Å². The molecule has 0 amide bonds. The molecule has 2 heterocycles. The van der Waals surface area contributed by atoms with Crippen molar-refractivity contribution in [1.82, 2.24) is 15.2 Å². The highest BCUT2D eigenvalue weighted by molar-refractivity contribution is 7.98. The lowest BCUT2D eigenvalue weighted by atomic mass is 10.2. The molecule has 6 heteroatoms. The third kappa shape index (κ3) is 2.97. The summed E-state index contributed by atoms with van der Waals surface area (Å²) in [4.78, 5) is 4.21. The summed E-state index contributed by atoms with van der Waals surface area (Å²) in [7, 11) is 0. The van der Waals surface area contributed by atoms with Gasteiger partial charge in [0.05, 0.1) is 22.7 Å². The van der Waals surface area contributed by atoms with Gasteiger partial charge in [0.15, 0.2) is 0 Å². The molecule has 20 heavy (non-hydrogen) atoms. The van der Waals surface area contributed by atoms with Crippen LogP contribution in [-0.4, -0.2) is 15.2 Å². The number of nitrogens with two attached hydrogens (primary N) is 1. The van der Waals surface area contributed by atoms with E-state index >= 15 is 0 Å². The number of pyridine rings is 1. The van der Waals surface area contributed by atoms with E-state index in [4.69, 9.17) is 10.2 Å². The minimum Gasteiger partial charge on any atom is -0.420 e. The monoisotopic (exact) mass is 284 g/mol. The van der Waals surface area contributed by atoms with Crippen LogP contribution in [0.4, 0.5) is 5.69 Å². The minimum atomic E-state index is 0.534. The van der Waals surface area contributed by atoms with Crippen molar-refractivity contribution in [2.45, 2.75) is 10.8 Å². The third-order valence-corrected chi connectivity index (χ3v) is 3.52. The lowest BCUT2D eigenvalue weighted by Gasteiger charge is -1.97. The first-order valence-electron chi connectivity index (χ1n) is 6.03. The summed E-state index contributed by atoms with van der Waals surface area (Å²) >= 11 is 1.53. The normalized spacial score (nSPS) is 10.6. The van der Waals surface area contributed by atoms with E-state index in [1.165, 1.54) is 11.8 Å². The molecule has 0 saturated heterocycles. The average Bonchev–Trinajstić information content (AvgIpc) is 2.97. The Hall–Kier alpha value is -2.34. The number of hydrogen-bond acceptors (Lipinski definition) is 6. The van der Waals surface area contributed by atoms with Gasteiger partial charge in [0.25, 0.3) is 0 Å². The quantitative estimate of drug-likeness (QED) is 0.742. The molecule has 5 nitrogen and oxygen atoms in total. The third-order valence-electron chi connectivity index (χ3n) is 2.59. The van der Waals surface area contributed by atoms with E-state index in [0.717, 1.165) is 10.6 Å². The number of benzene rings is 1. The number of anilines is 1. The number of hydrogen-bond donors (Lipinski definition) is 1. The maximum absolute atomic E-state index is 5.62. The molecule has 0 aliphatic carbocycles. The Bertz CT molecular complexity index is 682. The zero-order chi connectivity index (χ0) is 13.8. The minimum absolute atomic E-state index is 0.534. The molecule has 0 fully saturated rings. The van der Waals surface area contributed by atoms with Crippen molar-refractivity contribution in [3.05, 3.63) is 54.6 Å². The van der Waals surface area contributed by atoms with Crippen LogP contribution in [0.3, 0.4) is 0 Å². The molecule has 0 spiro atoms. The van der Waals surface area contributed by atoms with Gasteiger partial charge in [-0.2, -0.15) is 0 Å². The fraction of sp³-hybridized carbons (Fsp3) is 0.0714. The topological polar surface area (TPSA) is 77.8 Å². The number of thioether (sulfide) groups is 1. The summed E-state index contributed by atoms with van der Waals surface area (Å²) in [6.45, 7) is 0. The fourth-order valence-corrected chi connectivity index (χ4v) is 2.30. The molecule has 0 aliphatic heterocycles. The standard InChI is InChI=1S/C14H12N4OS/c15-11-6-7-13(16-8-11)20-9-12-17-18-14(19-12)10-4-2-1-3-5-10/h1-8H,9,15H2. The Kier molecular flexibility index (Phi) is 3.64. The predicted molar refractivity (Wildman–Crippen MR) is 77.9 cm³/mol. The molecule has 0 radical (unpaired) electrons. The molecule has 3 rings (SSSR count). The van der Waals surface area contributed by atoms with Gasteiger partial charge in [0, 0.05) is 5.56 Å². The van der Waals surface area contributed by atoms with Crippen LogP contribution in [0.1, 0.15) is 5.89 Å². The van der Waals surface area contributed by atoms with E-state index in [2.05, 4.69) is 15.2 Å². The van der Waals surface area contributed by atoms with Crippen LogP contribution in [0, 0.1) is 0 Å². The average molecular weight is 284 g/mol. The molecule has 0 atom stereocenters. The summed E-state index contributed by atoms with van der Waals surface area (Å²) in [5.41, 5.74) is 7.16. The van der Waals surface area contributed by atoms with Crippen molar-refractivity contribution in [2.75, 3.05) is 5.73 Å². The van der Waals surface area contributed by atoms with Gasteiger partial charge in [-0.15, -0.1) is 10.2 Å². The van der Waals surface area contributed by atoms with Crippen LogP contribution in [0.15, 0.2) is 58.1 Å². The molecular formula is C14H12N4OS. The Morgan fingerprint density at radius 2 is 1.90 bits per heavy atom. The van der Waals surface area contributed by atoms with Crippen molar-refractivity contribution < 1.29 is 4.42 Å². The fourth-order valence-electron chi connectivity index (χ4n) is 1.62. The van der Waals surface area contributed by atoms with Gasteiger partial charge >= 0.3 is 0 Å². The van der Waals surface area contributed by atoms with Gasteiger partial charge in [-0.25, -0.2) is 4.98 Å². The van der Waals surface area contributed by atoms with E-state index < -0.39 is 0 Å². The van der Waals surface area contributed by atoms with Crippen molar-refractivity contribution in [2.24, 2.45) is 0 Å². The van der Waals surface area contributed by atoms with Crippen LogP contribution in [0.25, 0.3) is 11.5 Å². The number of nitrogen functional groups attached to an aromatic ring is 1. The predicted octanol–water partition coefficient (Wildman–Crippen LogP) is 3.01. The van der Waals surface area contributed by atoms with E-state index in [0.29, 0.717) is 23.2 Å². The molecule has 100 valence electrons. The van der Waals surface area contributed by atoms with Crippen molar-refractivity contribution >= 4 is 17.4 Å². The van der Waals surface area contributed by atoms with Crippen LogP contribution >= 0.6 is 11.8 Å². The largest absolute Gasteiger partial charge is 0.420 e. The van der Waals surface area contributed by atoms with E-state index in [1.807, 2.05) is 42.5 Å². The summed E-state index contributed by atoms with van der Waals surface area (Å²) in [5, 5.41) is 8.95. The number of aromatic nitrogens is 3. The van der Waals surface area contributed by atoms with Crippen LogP contribution in [0.2, 0.25) is 0 Å².